The van der Waals surface area contributed by atoms with Gasteiger partial charge in [-0.25, -0.2) is 4.79 Å². The Morgan fingerprint density at radius 3 is 2.63 bits per heavy atom. The fourth-order valence-electron chi connectivity index (χ4n) is 3.85. The molecule has 4 N–H and O–H groups in total. The van der Waals surface area contributed by atoms with Gasteiger partial charge in [0.25, 0.3) is 5.91 Å². The highest BCUT2D eigenvalue weighted by Gasteiger charge is 2.35. The first-order chi connectivity index (χ1) is 14.2. The number of carboxylic acids is 1. The largest absolute Gasteiger partial charge is 0.480 e. The molecule has 0 bridgehead atoms. The third kappa shape index (κ3) is 6.01. The number of hydrogen-bond donors (Lipinski definition) is 4. The summed E-state index contributed by atoms with van der Waals surface area (Å²) in [7, 11) is 2.09. The Kier molecular flexibility index (Phi) is 8.33. The van der Waals surface area contributed by atoms with Crippen LogP contribution in [0.3, 0.4) is 0 Å². The van der Waals surface area contributed by atoms with Crippen LogP contribution in [0.2, 0.25) is 0 Å². The first-order valence-electron chi connectivity index (χ1n) is 10.0. The van der Waals surface area contributed by atoms with Crippen molar-refractivity contribution in [3.63, 3.8) is 0 Å². The molecule has 1 aromatic rings. The van der Waals surface area contributed by atoms with Crippen molar-refractivity contribution in [2.24, 2.45) is 0 Å². The highest BCUT2D eigenvalue weighted by Crippen LogP contribution is 2.37. The summed E-state index contributed by atoms with van der Waals surface area (Å²) >= 11 is 0. The van der Waals surface area contributed by atoms with Gasteiger partial charge in [0.05, 0.1) is 0 Å². The number of hydrogen-bond acceptors (Lipinski definition) is 7. The third-order valence-electron chi connectivity index (χ3n) is 5.58. The molecule has 1 saturated heterocycles. The number of carbonyl (C=O) groups is 3. The lowest BCUT2D eigenvalue weighted by Gasteiger charge is -2.35. The Morgan fingerprint density at radius 2 is 1.97 bits per heavy atom. The predicted molar refractivity (Wildman–Crippen MR) is 108 cm³/mol. The van der Waals surface area contributed by atoms with Crippen molar-refractivity contribution in [2.75, 3.05) is 26.7 Å². The molecule has 1 unspecified atom stereocenters. The van der Waals surface area contributed by atoms with Crippen molar-refractivity contribution in [1.82, 2.24) is 10.2 Å². The highest BCUT2D eigenvalue weighted by molar-refractivity contribution is 5.90. The number of aliphatic carboxylic acids is 1. The van der Waals surface area contributed by atoms with E-state index in [-0.39, 0.29) is 11.2 Å². The lowest BCUT2D eigenvalue weighted by molar-refractivity contribution is -0.156. The molecule has 30 heavy (non-hydrogen) atoms. The monoisotopic (exact) mass is 422 g/mol. The molecule has 1 heterocycles. The second kappa shape index (κ2) is 10.5. The zero-order valence-electron chi connectivity index (χ0n) is 17.3. The number of benzene rings is 1. The van der Waals surface area contributed by atoms with Gasteiger partial charge < -0.3 is 30.3 Å². The van der Waals surface area contributed by atoms with Crippen LogP contribution in [-0.2, 0) is 19.8 Å². The van der Waals surface area contributed by atoms with Gasteiger partial charge in [-0.15, -0.1) is 0 Å². The number of carboxylic acid groups (broad SMARTS) is 1. The summed E-state index contributed by atoms with van der Waals surface area (Å²) < 4.78 is 5.19. The summed E-state index contributed by atoms with van der Waals surface area (Å²) in [5, 5.41) is 30.2. The molecule has 0 radical (unpaired) electrons. The summed E-state index contributed by atoms with van der Waals surface area (Å²) in [6, 6.07) is 7.08. The number of ether oxygens (including phenoxy) is 1. The lowest BCUT2D eigenvalue weighted by Crippen LogP contribution is -2.48. The van der Waals surface area contributed by atoms with Crippen LogP contribution in [0.15, 0.2) is 24.3 Å². The molecule has 1 aliphatic heterocycles. The Labute approximate surface area is 175 Å². The zero-order valence-corrected chi connectivity index (χ0v) is 17.3. The van der Waals surface area contributed by atoms with Gasteiger partial charge in [0.2, 0.25) is 0 Å². The lowest BCUT2D eigenvalue weighted by atomic mass is 9.74. The van der Waals surface area contributed by atoms with E-state index in [0.717, 1.165) is 44.3 Å². The first-order valence-corrected chi connectivity index (χ1v) is 10.0. The predicted octanol–water partition coefficient (Wildman–Crippen LogP) is 0.278. The minimum Gasteiger partial charge on any atom is -0.480 e. The van der Waals surface area contributed by atoms with Crippen LogP contribution in [0.1, 0.15) is 38.2 Å². The zero-order chi connectivity index (χ0) is 22.3. The Hall–Kier alpha value is -2.49. The van der Waals surface area contributed by atoms with Crippen molar-refractivity contribution in [3.05, 3.63) is 29.8 Å². The maximum absolute atomic E-state index is 12.2. The van der Waals surface area contributed by atoms with E-state index < -0.39 is 36.6 Å². The summed E-state index contributed by atoms with van der Waals surface area (Å²) in [4.78, 5) is 36.6. The van der Waals surface area contributed by atoms with Crippen LogP contribution in [0.4, 0.5) is 0 Å². The van der Waals surface area contributed by atoms with Gasteiger partial charge in [-0.3, -0.25) is 9.59 Å². The number of nitrogens with one attached hydrogen (secondary N) is 1. The molecule has 3 atom stereocenters. The molecular formula is C21H30N2O7. The molecule has 0 aliphatic carbocycles. The number of nitrogens with zero attached hydrogens (tertiary/aromatic N) is 1. The van der Waals surface area contributed by atoms with Gasteiger partial charge in [-0.2, -0.15) is 0 Å². The summed E-state index contributed by atoms with van der Waals surface area (Å²) in [6.07, 6.45) is -0.139. The van der Waals surface area contributed by atoms with Crippen molar-refractivity contribution in [2.45, 2.75) is 50.2 Å². The molecule has 166 valence electrons. The van der Waals surface area contributed by atoms with E-state index in [1.165, 1.54) is 0 Å². The maximum atomic E-state index is 12.2. The van der Waals surface area contributed by atoms with E-state index in [9.17, 15) is 24.6 Å². The topological polar surface area (TPSA) is 136 Å². The molecule has 1 fully saturated rings. The van der Waals surface area contributed by atoms with Crippen LogP contribution < -0.4 is 10.1 Å². The number of likely N-dealkylation sites (tertiary alicyclic amines) is 1. The summed E-state index contributed by atoms with van der Waals surface area (Å²) in [5.74, 6) is -3.50. The smallest absolute Gasteiger partial charge is 0.343 e. The number of aliphatic hydroxyl groups is 2. The molecule has 1 amide bonds. The van der Waals surface area contributed by atoms with Gasteiger partial charge in [0.1, 0.15) is 12.3 Å². The second-order valence-electron chi connectivity index (χ2n) is 7.78. The number of likely N-dealkylation sites (N-methyl/N-ethyl adjacent to an activating group) is 1. The molecule has 1 aliphatic rings. The normalized spacial score (nSPS) is 21.9. The van der Waals surface area contributed by atoms with Gasteiger partial charge in [0.15, 0.2) is 12.2 Å². The number of aliphatic hydroxyl groups excluding tert-OH is 2. The fourth-order valence-corrected chi connectivity index (χ4v) is 3.85. The summed E-state index contributed by atoms with van der Waals surface area (Å²) in [6.45, 7) is 3.30. The minimum absolute atomic E-state index is 0.0808. The van der Waals surface area contributed by atoms with Gasteiger partial charge >= 0.3 is 11.9 Å². The molecular weight excluding hydrogens is 392 g/mol. The third-order valence-corrected chi connectivity index (χ3v) is 5.58. The molecule has 1 aromatic carbocycles. The quantitative estimate of drug-likeness (QED) is 0.346. The SMILES string of the molecule is CCC1(c2cccc(OC(=O)[C@H](O)[C@@H](O)C(=O)NCC(=O)O)c2)CCCCN(C)C1. The number of esters is 1. The van der Waals surface area contributed by atoms with Gasteiger partial charge in [-0.05, 0) is 50.6 Å². The Morgan fingerprint density at radius 1 is 1.23 bits per heavy atom. The standard InChI is InChI=1S/C21H30N2O7/c1-3-21(9-4-5-10-23(2)13-21)14-7-6-8-15(11-14)30-20(29)18(27)17(26)19(28)22-12-16(24)25/h6-8,11,17-18,26-27H,3-5,9-10,12-13H2,1-2H3,(H,22,28)(H,24,25)/t17-,18-,21?/m1/s1. The molecule has 9 heteroatoms. The Balaban J connectivity index is 2.11. The number of rotatable bonds is 8. The van der Waals surface area contributed by atoms with Crippen LogP contribution in [0.25, 0.3) is 0 Å². The van der Waals surface area contributed by atoms with Crippen molar-refractivity contribution >= 4 is 17.8 Å². The molecule has 0 saturated carbocycles. The van der Waals surface area contributed by atoms with Crippen molar-refractivity contribution < 1.29 is 34.4 Å². The number of carbonyl (C=O) groups excluding carboxylic acids is 2. The minimum atomic E-state index is -2.15. The van der Waals surface area contributed by atoms with Crippen molar-refractivity contribution in [1.29, 1.82) is 0 Å². The van der Waals surface area contributed by atoms with E-state index >= 15 is 0 Å². The van der Waals surface area contributed by atoms with Crippen molar-refractivity contribution in [3.8, 4) is 5.75 Å². The molecule has 2 rings (SSSR count). The fraction of sp³-hybridized carbons (Fsp3) is 0.571. The van der Waals surface area contributed by atoms with Crippen LogP contribution >= 0.6 is 0 Å². The first kappa shape index (κ1) is 23.8. The van der Waals surface area contributed by atoms with Crippen LogP contribution in [0.5, 0.6) is 5.75 Å². The average Bonchev–Trinajstić information content (AvgIpc) is 2.92. The second-order valence-corrected chi connectivity index (χ2v) is 7.78. The molecule has 0 aromatic heterocycles. The van der Waals surface area contributed by atoms with E-state index in [4.69, 9.17) is 9.84 Å². The summed E-state index contributed by atoms with van der Waals surface area (Å²) in [5.41, 5.74) is 0.945. The highest BCUT2D eigenvalue weighted by atomic mass is 16.6. The molecule has 9 nitrogen and oxygen atoms in total. The Bertz CT molecular complexity index is 769. The van der Waals surface area contributed by atoms with Crippen LogP contribution in [0, 0.1) is 0 Å². The van der Waals surface area contributed by atoms with E-state index in [0.29, 0.717) is 0 Å². The van der Waals surface area contributed by atoms with E-state index in [1.54, 1.807) is 18.2 Å². The molecule has 0 spiro atoms. The maximum Gasteiger partial charge on any atom is 0.343 e. The van der Waals surface area contributed by atoms with Gasteiger partial charge in [0, 0.05) is 12.0 Å². The van der Waals surface area contributed by atoms with E-state index in [2.05, 4.69) is 18.9 Å². The average molecular weight is 422 g/mol. The number of amides is 1. The van der Waals surface area contributed by atoms with Gasteiger partial charge in [-0.1, -0.05) is 25.5 Å². The van der Waals surface area contributed by atoms with E-state index in [1.807, 2.05) is 11.4 Å². The van der Waals surface area contributed by atoms with Crippen LogP contribution in [-0.4, -0.2) is 77.0 Å².